The molecule has 25 heavy (non-hydrogen) atoms. The lowest BCUT2D eigenvalue weighted by Gasteiger charge is -2.37. The molecule has 1 fully saturated rings. The van der Waals surface area contributed by atoms with E-state index in [2.05, 4.69) is 12.6 Å². The van der Waals surface area contributed by atoms with Gasteiger partial charge in [0, 0.05) is 19.1 Å². The van der Waals surface area contributed by atoms with Gasteiger partial charge in [0.05, 0.1) is 17.3 Å². The number of carbonyl (C=O) groups excluding carboxylic acids is 1. The summed E-state index contributed by atoms with van der Waals surface area (Å²) in [4.78, 5) is 16.0. The van der Waals surface area contributed by atoms with E-state index in [0.29, 0.717) is 24.5 Å². The molecule has 0 radical (unpaired) electrons. The maximum Gasteiger partial charge on any atom is 0.410 e. The van der Waals surface area contributed by atoms with Crippen LogP contribution >= 0.6 is 0 Å². The Balaban J connectivity index is 1.69. The third kappa shape index (κ3) is 3.55. The van der Waals surface area contributed by atoms with Gasteiger partial charge in [-0.05, 0) is 58.4 Å². The number of hydrogen-bond donors (Lipinski definition) is 0. The molecule has 0 saturated carbocycles. The minimum absolute atomic E-state index is 0.182. The lowest BCUT2D eigenvalue weighted by atomic mass is 10.0. The van der Waals surface area contributed by atoms with E-state index in [1.54, 1.807) is 17.0 Å². The number of benzene rings is 1. The molecular weight excluding hydrogens is 318 g/mol. The standard InChI is InChI=1S/C19H23N3O3/c1-13-22(16-11-14(12-20)5-6-17(16)24-13)15-7-9-21(10-8-15)18(23)25-19(2,3)4/h5-6,11,15H,1,7-10H2,2-4H3. The van der Waals surface area contributed by atoms with Crippen molar-refractivity contribution in [2.75, 3.05) is 18.0 Å². The predicted octanol–water partition coefficient (Wildman–Crippen LogP) is 3.63. The number of nitriles is 1. The molecule has 6 heteroatoms. The minimum atomic E-state index is -0.488. The van der Waals surface area contributed by atoms with Crippen LogP contribution in [0.25, 0.3) is 0 Å². The van der Waals surface area contributed by atoms with Crippen molar-refractivity contribution in [3.8, 4) is 11.8 Å². The lowest BCUT2D eigenvalue weighted by Crippen LogP contribution is -2.47. The summed E-state index contributed by atoms with van der Waals surface area (Å²) in [5.74, 6) is 1.29. The number of amides is 1. The van der Waals surface area contributed by atoms with E-state index in [1.807, 2.05) is 31.7 Å². The van der Waals surface area contributed by atoms with Crippen LogP contribution in [-0.2, 0) is 4.74 Å². The number of ether oxygens (including phenoxy) is 2. The van der Waals surface area contributed by atoms with Gasteiger partial charge in [-0.15, -0.1) is 0 Å². The van der Waals surface area contributed by atoms with Crippen LogP contribution in [0, 0.1) is 11.3 Å². The molecule has 0 unspecified atom stereocenters. The highest BCUT2D eigenvalue weighted by atomic mass is 16.6. The van der Waals surface area contributed by atoms with Gasteiger partial charge in [0.15, 0.2) is 11.6 Å². The van der Waals surface area contributed by atoms with Crippen molar-refractivity contribution in [1.82, 2.24) is 4.90 Å². The molecular formula is C19H23N3O3. The Morgan fingerprint density at radius 3 is 2.64 bits per heavy atom. The number of rotatable bonds is 1. The van der Waals surface area contributed by atoms with E-state index >= 15 is 0 Å². The fourth-order valence-corrected chi connectivity index (χ4v) is 3.21. The first-order valence-corrected chi connectivity index (χ1v) is 8.46. The summed E-state index contributed by atoms with van der Waals surface area (Å²) in [6, 6.07) is 7.70. The molecule has 6 nitrogen and oxygen atoms in total. The molecule has 2 heterocycles. The molecule has 0 N–H and O–H groups in total. The van der Waals surface area contributed by atoms with Crippen LogP contribution in [0.5, 0.6) is 5.75 Å². The van der Waals surface area contributed by atoms with Crippen LogP contribution in [0.4, 0.5) is 10.5 Å². The Morgan fingerprint density at radius 1 is 1.36 bits per heavy atom. The second-order valence-electron chi connectivity index (χ2n) is 7.36. The summed E-state index contributed by atoms with van der Waals surface area (Å²) in [7, 11) is 0. The summed E-state index contributed by atoms with van der Waals surface area (Å²) in [5, 5.41) is 9.13. The zero-order chi connectivity index (χ0) is 18.2. The van der Waals surface area contributed by atoms with Crippen LogP contribution < -0.4 is 9.64 Å². The third-order valence-electron chi connectivity index (χ3n) is 4.33. The van der Waals surface area contributed by atoms with E-state index in [1.165, 1.54) is 0 Å². The lowest BCUT2D eigenvalue weighted by molar-refractivity contribution is 0.0205. The minimum Gasteiger partial charge on any atom is -0.444 e. The van der Waals surface area contributed by atoms with Gasteiger partial charge in [0.25, 0.3) is 0 Å². The van der Waals surface area contributed by atoms with Crippen molar-refractivity contribution in [2.24, 2.45) is 0 Å². The zero-order valence-corrected chi connectivity index (χ0v) is 14.9. The van der Waals surface area contributed by atoms with E-state index in [-0.39, 0.29) is 12.1 Å². The molecule has 132 valence electrons. The van der Waals surface area contributed by atoms with Crippen LogP contribution in [0.2, 0.25) is 0 Å². The van der Waals surface area contributed by atoms with Crippen LogP contribution in [0.3, 0.4) is 0 Å². The Labute approximate surface area is 148 Å². The smallest absolute Gasteiger partial charge is 0.410 e. The van der Waals surface area contributed by atoms with Crippen LogP contribution in [0.1, 0.15) is 39.2 Å². The molecule has 2 aliphatic rings. The van der Waals surface area contributed by atoms with E-state index in [0.717, 1.165) is 24.3 Å². The first kappa shape index (κ1) is 17.2. The van der Waals surface area contributed by atoms with Gasteiger partial charge >= 0.3 is 6.09 Å². The number of nitrogens with zero attached hydrogens (tertiary/aromatic N) is 3. The highest BCUT2D eigenvalue weighted by molar-refractivity contribution is 5.70. The molecule has 0 spiro atoms. The van der Waals surface area contributed by atoms with E-state index in [4.69, 9.17) is 14.7 Å². The summed E-state index contributed by atoms with van der Waals surface area (Å²) >= 11 is 0. The fourth-order valence-electron chi connectivity index (χ4n) is 3.21. The maximum atomic E-state index is 12.2. The first-order valence-electron chi connectivity index (χ1n) is 8.46. The number of piperidine rings is 1. The monoisotopic (exact) mass is 341 g/mol. The average Bonchev–Trinajstić information content (AvgIpc) is 2.88. The predicted molar refractivity (Wildman–Crippen MR) is 94.2 cm³/mol. The first-order chi connectivity index (χ1) is 11.8. The molecule has 1 amide bonds. The normalized spacial score (nSPS) is 17.8. The molecule has 0 aromatic heterocycles. The van der Waals surface area contributed by atoms with Crippen LogP contribution in [0.15, 0.2) is 30.7 Å². The number of anilines is 1. The molecule has 1 saturated heterocycles. The van der Waals surface area contributed by atoms with Crippen molar-refractivity contribution in [3.05, 3.63) is 36.2 Å². The Hall–Kier alpha value is -2.68. The summed E-state index contributed by atoms with van der Waals surface area (Å²) in [5.41, 5.74) is 0.977. The molecule has 0 aliphatic carbocycles. The molecule has 0 atom stereocenters. The second kappa shape index (κ2) is 6.32. The Kier molecular flexibility index (Phi) is 4.34. The summed E-state index contributed by atoms with van der Waals surface area (Å²) < 4.78 is 11.2. The van der Waals surface area contributed by atoms with Crippen molar-refractivity contribution >= 4 is 11.8 Å². The average molecular weight is 341 g/mol. The second-order valence-corrected chi connectivity index (χ2v) is 7.36. The van der Waals surface area contributed by atoms with Gasteiger partial charge in [0.1, 0.15) is 5.60 Å². The number of likely N-dealkylation sites (tertiary alicyclic amines) is 1. The number of hydrogen-bond acceptors (Lipinski definition) is 5. The fraction of sp³-hybridized carbons (Fsp3) is 0.474. The SMILES string of the molecule is C=C1Oc2ccc(C#N)cc2N1C1CCN(C(=O)OC(C)(C)C)CC1. The molecule has 3 rings (SSSR count). The van der Waals surface area contributed by atoms with Gasteiger partial charge in [-0.1, -0.05) is 0 Å². The van der Waals surface area contributed by atoms with Crippen molar-refractivity contribution in [1.29, 1.82) is 5.26 Å². The summed E-state index contributed by atoms with van der Waals surface area (Å²) in [6.07, 6.45) is 1.31. The third-order valence-corrected chi connectivity index (χ3v) is 4.33. The summed E-state index contributed by atoms with van der Waals surface area (Å²) in [6.45, 7) is 10.8. The van der Waals surface area contributed by atoms with Gasteiger partial charge in [-0.2, -0.15) is 5.26 Å². The molecule has 0 bridgehead atoms. The highest BCUT2D eigenvalue weighted by Gasteiger charge is 2.35. The maximum absolute atomic E-state index is 12.2. The Bertz CT molecular complexity index is 737. The van der Waals surface area contributed by atoms with Gasteiger partial charge in [-0.3, -0.25) is 0 Å². The van der Waals surface area contributed by atoms with Crippen molar-refractivity contribution in [2.45, 2.75) is 45.3 Å². The highest BCUT2D eigenvalue weighted by Crippen LogP contribution is 2.42. The Morgan fingerprint density at radius 2 is 2.04 bits per heavy atom. The van der Waals surface area contributed by atoms with Gasteiger partial charge in [-0.25, -0.2) is 4.79 Å². The van der Waals surface area contributed by atoms with Gasteiger partial charge in [0.2, 0.25) is 0 Å². The number of fused-ring (bicyclic) bond motifs is 1. The van der Waals surface area contributed by atoms with Crippen molar-refractivity contribution < 1.29 is 14.3 Å². The molecule has 2 aliphatic heterocycles. The number of carbonyl (C=O) groups is 1. The molecule has 1 aromatic carbocycles. The van der Waals surface area contributed by atoms with E-state index in [9.17, 15) is 4.79 Å². The van der Waals surface area contributed by atoms with Gasteiger partial charge < -0.3 is 19.3 Å². The van der Waals surface area contributed by atoms with E-state index < -0.39 is 5.60 Å². The molecule has 1 aromatic rings. The van der Waals surface area contributed by atoms with Crippen LogP contribution in [-0.4, -0.2) is 35.7 Å². The topological polar surface area (TPSA) is 65.8 Å². The zero-order valence-electron chi connectivity index (χ0n) is 14.9. The largest absolute Gasteiger partial charge is 0.444 e. The quantitative estimate of drug-likeness (QED) is 0.780. The van der Waals surface area contributed by atoms with Crippen molar-refractivity contribution in [3.63, 3.8) is 0 Å².